The Morgan fingerprint density at radius 3 is 2.70 bits per heavy atom. The summed E-state index contributed by atoms with van der Waals surface area (Å²) in [6, 6.07) is 7.26. The van der Waals surface area contributed by atoms with Gasteiger partial charge >= 0.3 is 11.6 Å². The first-order valence-corrected chi connectivity index (χ1v) is 6.15. The van der Waals surface area contributed by atoms with Crippen molar-refractivity contribution in [2.24, 2.45) is 7.05 Å². The number of nitrogens with zero attached hydrogens (tertiary/aromatic N) is 1. The first-order chi connectivity index (χ1) is 9.56. The van der Waals surface area contributed by atoms with Crippen LogP contribution in [0.4, 0.5) is 0 Å². The van der Waals surface area contributed by atoms with Gasteiger partial charge in [0.15, 0.2) is 0 Å². The number of methoxy groups -OCH3 is 1. The number of para-hydroxylation sites is 1. The molecule has 0 aliphatic carbocycles. The van der Waals surface area contributed by atoms with Crippen molar-refractivity contribution in [3.8, 4) is 0 Å². The van der Waals surface area contributed by atoms with Gasteiger partial charge < -0.3 is 13.7 Å². The van der Waals surface area contributed by atoms with Gasteiger partial charge in [-0.1, -0.05) is 12.1 Å². The zero-order chi connectivity index (χ0) is 14.4. The molecule has 0 saturated heterocycles. The molecule has 1 aromatic carbocycles. The number of hydrogen-bond acceptors (Lipinski definition) is 4. The van der Waals surface area contributed by atoms with Gasteiger partial charge in [-0.2, -0.15) is 0 Å². The quantitative estimate of drug-likeness (QED) is 0.503. The third kappa shape index (κ3) is 1.49. The average molecular weight is 271 g/mol. The molecular formula is C15H13NO4. The standard InChI is InChI=1S/C15H13NO4/c1-8-11-13(16(2)12(8)15(18)19-3)9-6-4-5-7-10(9)20-14(11)17/h4-7H,1-3H3. The Kier molecular flexibility index (Phi) is 2.64. The molecule has 0 N–H and O–H groups in total. The highest BCUT2D eigenvalue weighted by Crippen LogP contribution is 2.28. The largest absolute Gasteiger partial charge is 0.464 e. The molecule has 2 heterocycles. The number of esters is 1. The zero-order valence-electron chi connectivity index (χ0n) is 11.4. The topological polar surface area (TPSA) is 61.4 Å². The molecule has 0 aliphatic heterocycles. The second-order valence-electron chi connectivity index (χ2n) is 4.63. The first-order valence-electron chi connectivity index (χ1n) is 6.15. The van der Waals surface area contributed by atoms with Crippen LogP contribution in [0, 0.1) is 6.92 Å². The maximum Gasteiger partial charge on any atom is 0.354 e. The summed E-state index contributed by atoms with van der Waals surface area (Å²) >= 11 is 0. The Hall–Kier alpha value is -2.56. The first kappa shape index (κ1) is 12.5. The summed E-state index contributed by atoms with van der Waals surface area (Å²) in [5, 5.41) is 1.22. The average Bonchev–Trinajstić information content (AvgIpc) is 2.71. The number of aromatic nitrogens is 1. The number of hydrogen-bond donors (Lipinski definition) is 0. The van der Waals surface area contributed by atoms with Crippen molar-refractivity contribution in [1.29, 1.82) is 0 Å². The molecule has 0 unspecified atom stereocenters. The smallest absolute Gasteiger partial charge is 0.354 e. The maximum absolute atomic E-state index is 12.2. The van der Waals surface area contributed by atoms with Crippen LogP contribution in [-0.2, 0) is 11.8 Å². The molecule has 102 valence electrons. The van der Waals surface area contributed by atoms with Gasteiger partial charge in [-0.3, -0.25) is 0 Å². The van der Waals surface area contributed by atoms with E-state index in [0.29, 0.717) is 27.7 Å². The molecule has 3 aromatic rings. The molecule has 3 rings (SSSR count). The predicted molar refractivity (Wildman–Crippen MR) is 75.0 cm³/mol. The van der Waals surface area contributed by atoms with Crippen LogP contribution in [-0.4, -0.2) is 17.6 Å². The number of benzene rings is 1. The van der Waals surface area contributed by atoms with Crippen LogP contribution >= 0.6 is 0 Å². The van der Waals surface area contributed by atoms with Gasteiger partial charge in [-0.15, -0.1) is 0 Å². The summed E-state index contributed by atoms with van der Waals surface area (Å²) in [6.07, 6.45) is 0. The highest BCUT2D eigenvalue weighted by atomic mass is 16.5. The Morgan fingerprint density at radius 2 is 2.00 bits per heavy atom. The fourth-order valence-electron chi connectivity index (χ4n) is 2.68. The highest BCUT2D eigenvalue weighted by Gasteiger charge is 2.23. The summed E-state index contributed by atoms with van der Waals surface area (Å²) < 4.78 is 11.8. The van der Waals surface area contributed by atoms with Gasteiger partial charge in [0, 0.05) is 12.4 Å². The molecule has 5 heteroatoms. The third-order valence-corrected chi connectivity index (χ3v) is 3.57. The van der Waals surface area contributed by atoms with E-state index in [1.54, 1.807) is 30.7 Å². The van der Waals surface area contributed by atoms with Gasteiger partial charge in [0.25, 0.3) is 0 Å². The molecule has 5 nitrogen and oxygen atoms in total. The van der Waals surface area contributed by atoms with E-state index in [1.807, 2.05) is 12.1 Å². The van der Waals surface area contributed by atoms with E-state index in [-0.39, 0.29) is 0 Å². The van der Waals surface area contributed by atoms with Gasteiger partial charge in [-0.05, 0) is 24.6 Å². The maximum atomic E-state index is 12.2. The van der Waals surface area contributed by atoms with Crippen LogP contribution in [0.3, 0.4) is 0 Å². The fraction of sp³-hybridized carbons (Fsp3) is 0.200. The Bertz CT molecular complexity index is 902. The summed E-state index contributed by atoms with van der Waals surface area (Å²) in [4.78, 5) is 24.1. The second-order valence-corrected chi connectivity index (χ2v) is 4.63. The lowest BCUT2D eigenvalue weighted by Gasteiger charge is -2.04. The van der Waals surface area contributed by atoms with E-state index < -0.39 is 11.6 Å². The number of carbonyl (C=O) groups excluding carboxylic acids is 1. The fourth-order valence-corrected chi connectivity index (χ4v) is 2.68. The lowest BCUT2D eigenvalue weighted by molar-refractivity contribution is 0.0589. The van der Waals surface area contributed by atoms with E-state index in [0.717, 1.165) is 5.39 Å². The van der Waals surface area contributed by atoms with E-state index in [1.165, 1.54) is 7.11 Å². The molecule has 0 bridgehead atoms. The molecular weight excluding hydrogens is 258 g/mol. The minimum atomic E-state index is -0.468. The van der Waals surface area contributed by atoms with Gasteiger partial charge in [0.05, 0.1) is 18.0 Å². The van der Waals surface area contributed by atoms with Crippen molar-refractivity contribution in [2.75, 3.05) is 7.11 Å². The Morgan fingerprint density at radius 1 is 1.30 bits per heavy atom. The summed E-state index contributed by atoms with van der Waals surface area (Å²) in [5.41, 5.74) is 1.69. The van der Waals surface area contributed by atoms with Crippen LogP contribution in [0.5, 0.6) is 0 Å². The Balaban J connectivity index is 2.61. The molecule has 0 amide bonds. The van der Waals surface area contributed by atoms with Crippen LogP contribution in [0.2, 0.25) is 0 Å². The molecule has 0 atom stereocenters. The molecule has 0 spiro atoms. The molecule has 0 aliphatic rings. The lowest BCUT2D eigenvalue weighted by Crippen LogP contribution is -2.08. The van der Waals surface area contributed by atoms with E-state index in [2.05, 4.69) is 0 Å². The van der Waals surface area contributed by atoms with Crippen molar-refractivity contribution in [3.63, 3.8) is 0 Å². The number of carbonyl (C=O) groups is 1. The summed E-state index contributed by atoms with van der Waals surface area (Å²) in [5.74, 6) is -0.468. The van der Waals surface area contributed by atoms with Crippen molar-refractivity contribution in [2.45, 2.75) is 6.92 Å². The number of aryl methyl sites for hydroxylation is 2. The van der Waals surface area contributed by atoms with Gasteiger partial charge in [0.2, 0.25) is 0 Å². The van der Waals surface area contributed by atoms with Crippen LogP contribution in [0.1, 0.15) is 16.1 Å². The number of fused-ring (bicyclic) bond motifs is 3. The van der Waals surface area contributed by atoms with E-state index >= 15 is 0 Å². The minimum absolute atomic E-state index is 0.367. The number of ether oxygens (including phenoxy) is 1. The monoisotopic (exact) mass is 271 g/mol. The lowest BCUT2D eigenvalue weighted by atomic mass is 10.1. The normalized spacial score (nSPS) is 11.2. The van der Waals surface area contributed by atoms with Crippen LogP contribution in [0.15, 0.2) is 33.5 Å². The van der Waals surface area contributed by atoms with Crippen molar-refractivity contribution in [1.82, 2.24) is 4.57 Å². The van der Waals surface area contributed by atoms with Gasteiger partial charge in [0.1, 0.15) is 11.3 Å². The molecule has 2 aromatic heterocycles. The highest BCUT2D eigenvalue weighted by molar-refractivity contribution is 6.08. The van der Waals surface area contributed by atoms with Gasteiger partial charge in [-0.25, -0.2) is 9.59 Å². The molecule has 20 heavy (non-hydrogen) atoms. The van der Waals surface area contributed by atoms with Crippen LogP contribution in [0.25, 0.3) is 21.9 Å². The van der Waals surface area contributed by atoms with Crippen LogP contribution < -0.4 is 5.63 Å². The second kappa shape index (κ2) is 4.23. The van der Waals surface area contributed by atoms with Crippen molar-refractivity contribution in [3.05, 3.63) is 45.9 Å². The third-order valence-electron chi connectivity index (χ3n) is 3.57. The summed E-state index contributed by atoms with van der Waals surface area (Å²) in [6.45, 7) is 1.72. The molecule has 0 fully saturated rings. The molecule has 0 radical (unpaired) electrons. The predicted octanol–water partition coefficient (Wildman–Crippen LogP) is 2.38. The minimum Gasteiger partial charge on any atom is -0.464 e. The zero-order valence-corrected chi connectivity index (χ0v) is 11.4. The van der Waals surface area contributed by atoms with E-state index in [9.17, 15) is 9.59 Å². The number of rotatable bonds is 1. The Labute approximate surface area is 114 Å². The van der Waals surface area contributed by atoms with Crippen molar-refractivity contribution >= 4 is 27.8 Å². The molecule has 0 saturated carbocycles. The summed E-state index contributed by atoms with van der Waals surface area (Å²) in [7, 11) is 3.06. The van der Waals surface area contributed by atoms with E-state index in [4.69, 9.17) is 9.15 Å². The van der Waals surface area contributed by atoms with Crippen molar-refractivity contribution < 1.29 is 13.9 Å². The SMILES string of the molecule is COC(=O)c1c(C)c2c(=O)oc3ccccc3c2n1C.